The third kappa shape index (κ3) is 1.06. The van der Waals surface area contributed by atoms with Gasteiger partial charge in [0.1, 0.15) is 0 Å². The van der Waals surface area contributed by atoms with Crippen LogP contribution in [0.5, 0.6) is 0 Å². The molecule has 0 aromatic rings. The third-order valence-corrected chi connectivity index (χ3v) is 2.89. The maximum absolute atomic E-state index is 5.52. The molecular formula is C10H16. The summed E-state index contributed by atoms with van der Waals surface area (Å²) in [6.07, 6.45) is 10.7. The molecule has 0 spiro atoms. The van der Waals surface area contributed by atoms with Crippen molar-refractivity contribution < 1.29 is 0 Å². The Morgan fingerprint density at radius 2 is 1.80 bits per heavy atom. The first-order valence-corrected chi connectivity index (χ1v) is 4.19. The molecule has 1 rings (SSSR count). The standard InChI is InChI=1S/C10H16/c1-4-10(9(2)3)7-5-6-8-10/h1,9H,5-8H2,2-3H3. The predicted molar refractivity (Wildman–Crippen MR) is 44.6 cm³/mol. The van der Waals surface area contributed by atoms with Gasteiger partial charge >= 0.3 is 0 Å². The Bertz CT molecular complexity index is 142. The van der Waals surface area contributed by atoms with E-state index in [0.717, 1.165) is 0 Å². The van der Waals surface area contributed by atoms with Crippen molar-refractivity contribution in [3.63, 3.8) is 0 Å². The normalized spacial score (nSPS) is 23.0. The van der Waals surface area contributed by atoms with E-state index in [0.29, 0.717) is 5.92 Å². The highest BCUT2D eigenvalue weighted by Gasteiger charge is 2.34. The van der Waals surface area contributed by atoms with E-state index in [1.807, 2.05) is 0 Å². The first-order chi connectivity index (χ1) is 4.71. The van der Waals surface area contributed by atoms with Crippen LogP contribution in [0.15, 0.2) is 0 Å². The van der Waals surface area contributed by atoms with Gasteiger partial charge in [-0.25, -0.2) is 0 Å². The highest BCUT2D eigenvalue weighted by atomic mass is 14.4. The number of terminal acetylenes is 1. The van der Waals surface area contributed by atoms with Gasteiger partial charge in [0.05, 0.1) is 0 Å². The summed E-state index contributed by atoms with van der Waals surface area (Å²) in [6.45, 7) is 4.48. The largest absolute Gasteiger partial charge is 0.120 e. The molecule has 0 amide bonds. The smallest absolute Gasteiger partial charge is 0.0335 e. The molecule has 0 radical (unpaired) electrons. The first kappa shape index (κ1) is 7.66. The van der Waals surface area contributed by atoms with Crippen LogP contribution in [0.25, 0.3) is 0 Å². The molecule has 0 nitrogen and oxygen atoms in total. The van der Waals surface area contributed by atoms with Crippen LogP contribution >= 0.6 is 0 Å². The molecule has 0 heteroatoms. The highest BCUT2D eigenvalue weighted by Crippen LogP contribution is 2.43. The van der Waals surface area contributed by atoms with Crippen LogP contribution in [0.1, 0.15) is 39.5 Å². The molecule has 0 aromatic heterocycles. The minimum atomic E-state index is 0.264. The monoisotopic (exact) mass is 136 g/mol. The van der Waals surface area contributed by atoms with Gasteiger partial charge in [0.25, 0.3) is 0 Å². The molecule has 1 saturated carbocycles. The van der Waals surface area contributed by atoms with Gasteiger partial charge in [0.2, 0.25) is 0 Å². The zero-order chi connectivity index (χ0) is 7.61. The Morgan fingerprint density at radius 3 is 2.00 bits per heavy atom. The molecular weight excluding hydrogens is 120 g/mol. The lowest BCUT2D eigenvalue weighted by atomic mass is 9.77. The van der Waals surface area contributed by atoms with Crippen molar-refractivity contribution in [2.75, 3.05) is 0 Å². The molecule has 10 heavy (non-hydrogen) atoms. The van der Waals surface area contributed by atoms with Crippen LogP contribution in [-0.2, 0) is 0 Å². The summed E-state index contributed by atoms with van der Waals surface area (Å²) in [5.41, 5.74) is 0.264. The Kier molecular flexibility index (Phi) is 2.04. The van der Waals surface area contributed by atoms with Gasteiger partial charge in [-0.1, -0.05) is 32.6 Å². The Hall–Kier alpha value is -0.440. The molecule has 1 fully saturated rings. The van der Waals surface area contributed by atoms with E-state index in [2.05, 4.69) is 19.8 Å². The SMILES string of the molecule is C#CC1(C(C)C)CCCC1. The van der Waals surface area contributed by atoms with Gasteiger partial charge < -0.3 is 0 Å². The lowest BCUT2D eigenvalue weighted by Gasteiger charge is -2.26. The molecule has 0 atom stereocenters. The second kappa shape index (κ2) is 2.66. The fourth-order valence-electron chi connectivity index (χ4n) is 1.89. The molecule has 56 valence electrons. The van der Waals surface area contributed by atoms with E-state index in [1.54, 1.807) is 0 Å². The van der Waals surface area contributed by atoms with E-state index in [-0.39, 0.29) is 5.41 Å². The molecule has 0 N–H and O–H groups in total. The van der Waals surface area contributed by atoms with Crippen molar-refractivity contribution >= 4 is 0 Å². The van der Waals surface area contributed by atoms with Crippen molar-refractivity contribution in [3.05, 3.63) is 0 Å². The van der Waals surface area contributed by atoms with E-state index in [1.165, 1.54) is 25.7 Å². The summed E-state index contributed by atoms with van der Waals surface area (Å²) < 4.78 is 0. The van der Waals surface area contributed by atoms with Crippen LogP contribution < -0.4 is 0 Å². The molecule has 0 saturated heterocycles. The van der Waals surface area contributed by atoms with Gasteiger partial charge in [-0.05, 0) is 18.8 Å². The topological polar surface area (TPSA) is 0 Å². The second-order valence-electron chi connectivity index (χ2n) is 3.66. The molecule has 0 heterocycles. The minimum Gasteiger partial charge on any atom is -0.120 e. The van der Waals surface area contributed by atoms with Gasteiger partial charge in [-0.2, -0.15) is 0 Å². The molecule has 0 aliphatic heterocycles. The van der Waals surface area contributed by atoms with Crippen molar-refractivity contribution in [2.45, 2.75) is 39.5 Å². The molecule has 0 bridgehead atoms. The number of hydrogen-bond donors (Lipinski definition) is 0. The molecule has 0 unspecified atom stereocenters. The zero-order valence-corrected chi connectivity index (χ0v) is 6.98. The summed E-state index contributed by atoms with van der Waals surface area (Å²) in [5, 5.41) is 0. The Labute approximate surface area is 64.0 Å². The maximum atomic E-state index is 5.52. The van der Waals surface area contributed by atoms with Crippen LogP contribution in [0.3, 0.4) is 0 Å². The lowest BCUT2D eigenvalue weighted by molar-refractivity contribution is 0.291. The third-order valence-electron chi connectivity index (χ3n) is 2.89. The van der Waals surface area contributed by atoms with Gasteiger partial charge in [0, 0.05) is 5.41 Å². The first-order valence-electron chi connectivity index (χ1n) is 4.19. The Morgan fingerprint density at radius 1 is 1.30 bits per heavy atom. The second-order valence-corrected chi connectivity index (χ2v) is 3.66. The van der Waals surface area contributed by atoms with Crippen molar-refractivity contribution in [3.8, 4) is 12.3 Å². The van der Waals surface area contributed by atoms with Crippen LogP contribution in [-0.4, -0.2) is 0 Å². The number of hydrogen-bond acceptors (Lipinski definition) is 0. The summed E-state index contributed by atoms with van der Waals surface area (Å²) >= 11 is 0. The summed E-state index contributed by atoms with van der Waals surface area (Å²) in [5.74, 6) is 3.64. The summed E-state index contributed by atoms with van der Waals surface area (Å²) in [4.78, 5) is 0. The van der Waals surface area contributed by atoms with Crippen molar-refractivity contribution in [2.24, 2.45) is 11.3 Å². The fourth-order valence-corrected chi connectivity index (χ4v) is 1.89. The van der Waals surface area contributed by atoms with E-state index >= 15 is 0 Å². The van der Waals surface area contributed by atoms with Crippen LogP contribution in [0.4, 0.5) is 0 Å². The lowest BCUT2D eigenvalue weighted by Crippen LogP contribution is -2.20. The summed E-state index contributed by atoms with van der Waals surface area (Å²) in [7, 11) is 0. The fraction of sp³-hybridized carbons (Fsp3) is 0.800. The zero-order valence-electron chi connectivity index (χ0n) is 6.98. The molecule has 0 aromatic carbocycles. The average molecular weight is 136 g/mol. The van der Waals surface area contributed by atoms with E-state index in [9.17, 15) is 0 Å². The summed E-state index contributed by atoms with van der Waals surface area (Å²) in [6, 6.07) is 0. The molecule has 1 aliphatic rings. The quantitative estimate of drug-likeness (QED) is 0.486. The predicted octanol–water partition coefficient (Wildman–Crippen LogP) is 2.84. The van der Waals surface area contributed by atoms with Crippen molar-refractivity contribution in [1.82, 2.24) is 0 Å². The highest BCUT2D eigenvalue weighted by molar-refractivity contribution is 5.09. The van der Waals surface area contributed by atoms with Gasteiger partial charge in [-0.3, -0.25) is 0 Å². The Balaban J connectivity index is 2.70. The van der Waals surface area contributed by atoms with E-state index < -0.39 is 0 Å². The van der Waals surface area contributed by atoms with Gasteiger partial charge in [-0.15, -0.1) is 6.42 Å². The number of rotatable bonds is 1. The van der Waals surface area contributed by atoms with Crippen molar-refractivity contribution in [1.29, 1.82) is 0 Å². The van der Waals surface area contributed by atoms with Gasteiger partial charge in [0.15, 0.2) is 0 Å². The van der Waals surface area contributed by atoms with E-state index in [4.69, 9.17) is 6.42 Å². The van der Waals surface area contributed by atoms with Crippen LogP contribution in [0.2, 0.25) is 0 Å². The molecule has 1 aliphatic carbocycles. The minimum absolute atomic E-state index is 0.264. The maximum Gasteiger partial charge on any atom is 0.0335 e. The average Bonchev–Trinajstić information content (AvgIpc) is 2.35. The van der Waals surface area contributed by atoms with Crippen LogP contribution in [0, 0.1) is 23.7 Å².